The minimum Gasteiger partial charge on any atom is -0.504 e. The summed E-state index contributed by atoms with van der Waals surface area (Å²) in [7, 11) is 0. The quantitative estimate of drug-likeness (QED) is 0.591. The van der Waals surface area contributed by atoms with Gasteiger partial charge in [-0.2, -0.15) is 0 Å². The SMILES string of the molecule is Oc1ccc(-c2ccnnn2)c(O)c1O. The van der Waals surface area contributed by atoms with Crippen molar-refractivity contribution in [1.82, 2.24) is 15.4 Å². The number of hydrogen-bond acceptors (Lipinski definition) is 6. The predicted molar refractivity (Wildman–Crippen MR) is 50.3 cm³/mol. The van der Waals surface area contributed by atoms with E-state index in [4.69, 9.17) is 5.11 Å². The lowest BCUT2D eigenvalue weighted by Crippen LogP contribution is -1.89. The highest BCUT2D eigenvalue weighted by Crippen LogP contribution is 2.40. The molecular formula is C9H7N3O3. The standard InChI is InChI=1S/C9H7N3O3/c13-7-2-1-5(8(14)9(7)15)6-3-4-10-12-11-6/h1-4,13-15H. The monoisotopic (exact) mass is 205 g/mol. The second kappa shape index (κ2) is 3.41. The highest BCUT2D eigenvalue weighted by molar-refractivity contribution is 5.72. The molecule has 2 aromatic rings. The fourth-order valence-corrected chi connectivity index (χ4v) is 1.16. The first-order valence-corrected chi connectivity index (χ1v) is 4.09. The van der Waals surface area contributed by atoms with E-state index in [2.05, 4.69) is 15.4 Å². The number of hydrogen-bond donors (Lipinski definition) is 3. The Bertz CT molecular complexity index is 487. The van der Waals surface area contributed by atoms with Crippen LogP contribution in [0.3, 0.4) is 0 Å². The lowest BCUT2D eigenvalue weighted by molar-refractivity contribution is 0.369. The van der Waals surface area contributed by atoms with E-state index >= 15 is 0 Å². The van der Waals surface area contributed by atoms with Gasteiger partial charge in [-0.05, 0) is 23.4 Å². The highest BCUT2D eigenvalue weighted by Gasteiger charge is 2.13. The molecule has 0 saturated heterocycles. The average molecular weight is 205 g/mol. The summed E-state index contributed by atoms with van der Waals surface area (Å²) in [5.41, 5.74) is 0.637. The number of phenolic OH excluding ortho intramolecular Hbond substituents is 3. The smallest absolute Gasteiger partial charge is 0.200 e. The van der Waals surface area contributed by atoms with E-state index in [9.17, 15) is 10.2 Å². The van der Waals surface area contributed by atoms with Gasteiger partial charge in [0.25, 0.3) is 0 Å². The molecule has 0 bridgehead atoms. The zero-order valence-corrected chi connectivity index (χ0v) is 7.49. The Labute approximate surface area is 84.5 Å². The van der Waals surface area contributed by atoms with Crippen molar-refractivity contribution < 1.29 is 15.3 Å². The van der Waals surface area contributed by atoms with Gasteiger partial charge >= 0.3 is 0 Å². The number of aromatic nitrogens is 3. The summed E-state index contributed by atoms with van der Waals surface area (Å²) >= 11 is 0. The Morgan fingerprint density at radius 1 is 0.933 bits per heavy atom. The Morgan fingerprint density at radius 2 is 1.73 bits per heavy atom. The molecule has 0 fully saturated rings. The molecule has 2 rings (SSSR count). The molecule has 1 aromatic carbocycles. The maximum absolute atomic E-state index is 9.53. The van der Waals surface area contributed by atoms with Gasteiger partial charge in [0, 0.05) is 5.56 Å². The summed E-state index contributed by atoms with van der Waals surface area (Å²) in [5, 5.41) is 38.5. The van der Waals surface area contributed by atoms with Crippen molar-refractivity contribution >= 4 is 0 Å². The van der Waals surface area contributed by atoms with Crippen LogP contribution in [-0.2, 0) is 0 Å². The van der Waals surface area contributed by atoms with Crippen LogP contribution in [-0.4, -0.2) is 30.7 Å². The van der Waals surface area contributed by atoms with E-state index in [-0.39, 0.29) is 5.56 Å². The Balaban J connectivity index is 2.60. The van der Waals surface area contributed by atoms with Crippen molar-refractivity contribution in [3.05, 3.63) is 24.4 Å². The van der Waals surface area contributed by atoms with Crippen LogP contribution < -0.4 is 0 Å². The normalized spacial score (nSPS) is 10.1. The molecule has 3 N–H and O–H groups in total. The number of nitrogens with zero attached hydrogens (tertiary/aromatic N) is 3. The zero-order chi connectivity index (χ0) is 10.8. The Morgan fingerprint density at radius 3 is 2.40 bits per heavy atom. The molecule has 0 aliphatic carbocycles. The minimum atomic E-state index is -0.578. The van der Waals surface area contributed by atoms with Crippen LogP contribution in [0.4, 0.5) is 0 Å². The largest absolute Gasteiger partial charge is 0.504 e. The Hall–Kier alpha value is -2.37. The summed E-state index contributed by atoms with van der Waals surface area (Å²) in [6.07, 6.45) is 1.41. The van der Waals surface area contributed by atoms with Crippen LogP contribution in [0.15, 0.2) is 24.4 Å². The van der Waals surface area contributed by atoms with Crippen molar-refractivity contribution in [1.29, 1.82) is 0 Å². The van der Waals surface area contributed by atoms with E-state index in [1.807, 2.05) is 0 Å². The third-order valence-electron chi connectivity index (χ3n) is 1.91. The summed E-state index contributed by atoms with van der Waals surface area (Å²) in [5.74, 6) is -1.40. The first-order chi connectivity index (χ1) is 7.20. The number of aromatic hydroxyl groups is 3. The van der Waals surface area contributed by atoms with Crippen molar-refractivity contribution in [2.45, 2.75) is 0 Å². The average Bonchev–Trinajstić information content (AvgIpc) is 2.27. The van der Waals surface area contributed by atoms with Crippen LogP contribution in [0.1, 0.15) is 0 Å². The molecule has 1 heterocycles. The minimum absolute atomic E-state index is 0.278. The molecule has 6 heteroatoms. The summed E-state index contributed by atoms with van der Waals surface area (Å²) in [6.45, 7) is 0. The van der Waals surface area contributed by atoms with Gasteiger partial charge in [-0.15, -0.1) is 10.2 Å². The molecule has 76 valence electrons. The second-order valence-electron chi connectivity index (χ2n) is 2.84. The molecule has 6 nitrogen and oxygen atoms in total. The van der Waals surface area contributed by atoms with Crippen LogP contribution in [0, 0.1) is 0 Å². The van der Waals surface area contributed by atoms with Gasteiger partial charge in [0.2, 0.25) is 5.75 Å². The maximum Gasteiger partial charge on any atom is 0.200 e. The van der Waals surface area contributed by atoms with E-state index in [1.165, 1.54) is 24.4 Å². The molecule has 0 unspecified atom stereocenters. The lowest BCUT2D eigenvalue weighted by Gasteiger charge is -2.05. The zero-order valence-electron chi connectivity index (χ0n) is 7.49. The van der Waals surface area contributed by atoms with Gasteiger partial charge in [-0.3, -0.25) is 0 Å². The molecule has 0 spiro atoms. The fourth-order valence-electron chi connectivity index (χ4n) is 1.16. The van der Waals surface area contributed by atoms with E-state index in [1.54, 1.807) is 0 Å². The van der Waals surface area contributed by atoms with Crippen molar-refractivity contribution in [3.8, 4) is 28.5 Å². The molecular weight excluding hydrogens is 198 g/mol. The third kappa shape index (κ3) is 1.52. The first kappa shape index (κ1) is 9.20. The van der Waals surface area contributed by atoms with Gasteiger partial charge in [0.05, 0.1) is 6.20 Å². The maximum atomic E-state index is 9.53. The number of phenols is 3. The molecule has 1 aromatic heterocycles. The van der Waals surface area contributed by atoms with Crippen molar-refractivity contribution in [2.75, 3.05) is 0 Å². The number of benzene rings is 1. The predicted octanol–water partition coefficient (Wildman–Crippen LogP) is 0.655. The second-order valence-corrected chi connectivity index (χ2v) is 2.84. The molecule has 0 radical (unpaired) electrons. The van der Waals surface area contributed by atoms with E-state index < -0.39 is 17.2 Å². The van der Waals surface area contributed by atoms with Gasteiger partial charge in [-0.25, -0.2) is 0 Å². The van der Waals surface area contributed by atoms with Crippen molar-refractivity contribution in [2.24, 2.45) is 0 Å². The highest BCUT2D eigenvalue weighted by atomic mass is 16.3. The van der Waals surface area contributed by atoms with Crippen LogP contribution in [0.2, 0.25) is 0 Å². The van der Waals surface area contributed by atoms with Gasteiger partial charge in [0.15, 0.2) is 11.5 Å². The van der Waals surface area contributed by atoms with Crippen LogP contribution in [0.25, 0.3) is 11.3 Å². The van der Waals surface area contributed by atoms with Crippen LogP contribution in [0.5, 0.6) is 17.2 Å². The molecule has 0 amide bonds. The first-order valence-electron chi connectivity index (χ1n) is 4.09. The summed E-state index contributed by atoms with van der Waals surface area (Å²) in [6, 6.07) is 4.21. The van der Waals surface area contributed by atoms with Crippen LogP contribution >= 0.6 is 0 Å². The number of rotatable bonds is 1. The van der Waals surface area contributed by atoms with E-state index in [0.717, 1.165) is 0 Å². The summed E-state index contributed by atoms with van der Waals surface area (Å²) < 4.78 is 0. The molecule has 0 aliphatic rings. The van der Waals surface area contributed by atoms with Gasteiger partial charge in [0.1, 0.15) is 5.69 Å². The topological polar surface area (TPSA) is 99.4 Å². The molecule has 0 aliphatic heterocycles. The molecule has 0 saturated carbocycles. The fraction of sp³-hybridized carbons (Fsp3) is 0. The van der Waals surface area contributed by atoms with Gasteiger partial charge < -0.3 is 15.3 Å². The van der Waals surface area contributed by atoms with E-state index in [0.29, 0.717) is 5.69 Å². The van der Waals surface area contributed by atoms with Crippen molar-refractivity contribution in [3.63, 3.8) is 0 Å². The molecule has 0 atom stereocenters. The third-order valence-corrected chi connectivity index (χ3v) is 1.91. The lowest BCUT2D eigenvalue weighted by atomic mass is 10.1. The van der Waals surface area contributed by atoms with Gasteiger partial charge in [-0.1, -0.05) is 0 Å². The summed E-state index contributed by atoms with van der Waals surface area (Å²) in [4.78, 5) is 0. The molecule has 15 heavy (non-hydrogen) atoms. The Kier molecular flexibility index (Phi) is 2.09.